The molecule has 1 atom stereocenters. The normalized spacial score (nSPS) is 26.3. The molecule has 2 aliphatic rings. The summed E-state index contributed by atoms with van der Waals surface area (Å²) in [5, 5.41) is 9.10. The number of amides is 2. The summed E-state index contributed by atoms with van der Waals surface area (Å²) < 4.78 is 0. The fraction of sp³-hybridized carbons (Fsp3) is 0.909. The van der Waals surface area contributed by atoms with E-state index in [2.05, 4.69) is 5.48 Å². The Kier molecular flexibility index (Phi) is 4.01. The lowest BCUT2D eigenvalue weighted by atomic mass is 10.2. The summed E-state index contributed by atoms with van der Waals surface area (Å²) in [6.45, 7) is 0.752. The Morgan fingerprint density at radius 3 is 2.75 bits per heavy atom. The molecule has 1 heterocycles. The Bertz CT molecular complexity index is 241. The van der Waals surface area contributed by atoms with Gasteiger partial charge in [-0.1, -0.05) is 12.8 Å². The lowest BCUT2D eigenvalue weighted by Gasteiger charge is -2.23. The van der Waals surface area contributed by atoms with Gasteiger partial charge in [0.15, 0.2) is 0 Å². The van der Waals surface area contributed by atoms with Gasteiger partial charge >= 0.3 is 6.03 Å². The molecule has 0 aromatic heterocycles. The molecule has 1 saturated heterocycles. The minimum atomic E-state index is -0.205. The number of nitrogens with one attached hydrogen (secondary N) is 1. The molecular formula is C11H20N2O3. The topological polar surface area (TPSA) is 61.8 Å². The van der Waals surface area contributed by atoms with Crippen LogP contribution in [0.15, 0.2) is 0 Å². The largest absolute Gasteiger partial charge is 0.394 e. The van der Waals surface area contributed by atoms with Crippen LogP contribution in [0, 0.1) is 0 Å². The van der Waals surface area contributed by atoms with Gasteiger partial charge in [-0.05, 0) is 25.7 Å². The molecule has 5 heteroatoms. The molecule has 0 spiro atoms. The van der Waals surface area contributed by atoms with Crippen molar-refractivity contribution >= 4 is 6.03 Å². The maximum Gasteiger partial charge on any atom is 0.341 e. The predicted octanol–water partition coefficient (Wildman–Crippen LogP) is 1.03. The Hall–Kier alpha value is -0.810. The number of hydrogen-bond acceptors (Lipinski definition) is 3. The number of carbonyl (C=O) groups excluding carboxylic acids is 1. The first-order valence-corrected chi connectivity index (χ1v) is 6.14. The molecule has 1 saturated carbocycles. The minimum absolute atomic E-state index is 0.0350. The lowest BCUT2D eigenvalue weighted by molar-refractivity contribution is -0.0101. The van der Waals surface area contributed by atoms with Crippen LogP contribution in [0.25, 0.3) is 0 Å². The zero-order chi connectivity index (χ0) is 11.4. The van der Waals surface area contributed by atoms with Crippen LogP contribution in [0.4, 0.5) is 4.79 Å². The van der Waals surface area contributed by atoms with E-state index in [0.717, 1.165) is 25.7 Å². The van der Waals surface area contributed by atoms with Crippen molar-refractivity contribution in [3.8, 4) is 0 Å². The van der Waals surface area contributed by atoms with E-state index in [4.69, 9.17) is 9.94 Å². The molecule has 1 aliphatic carbocycles. The van der Waals surface area contributed by atoms with Crippen LogP contribution in [0.3, 0.4) is 0 Å². The van der Waals surface area contributed by atoms with E-state index >= 15 is 0 Å². The van der Waals surface area contributed by atoms with E-state index < -0.39 is 0 Å². The zero-order valence-corrected chi connectivity index (χ0v) is 9.52. The van der Waals surface area contributed by atoms with Gasteiger partial charge in [-0.3, -0.25) is 4.84 Å². The van der Waals surface area contributed by atoms with Gasteiger partial charge in [-0.15, -0.1) is 0 Å². The summed E-state index contributed by atoms with van der Waals surface area (Å²) in [6, 6.07) is -0.240. The molecule has 2 amide bonds. The van der Waals surface area contributed by atoms with Gasteiger partial charge in [0, 0.05) is 6.54 Å². The molecular weight excluding hydrogens is 208 g/mol. The third-order valence-corrected chi connectivity index (χ3v) is 3.46. The SMILES string of the molecule is O=C(NOC1CCCC1)N1CCCC1CO. The van der Waals surface area contributed by atoms with Crippen LogP contribution in [0.5, 0.6) is 0 Å². The zero-order valence-electron chi connectivity index (χ0n) is 9.52. The number of hydroxylamine groups is 1. The molecule has 2 N–H and O–H groups in total. The van der Waals surface area contributed by atoms with E-state index in [9.17, 15) is 4.79 Å². The first kappa shape index (κ1) is 11.7. The summed E-state index contributed by atoms with van der Waals surface area (Å²) in [6.07, 6.45) is 6.45. The van der Waals surface area contributed by atoms with Gasteiger partial charge < -0.3 is 10.0 Å². The Balaban J connectivity index is 1.74. The maximum absolute atomic E-state index is 11.8. The summed E-state index contributed by atoms with van der Waals surface area (Å²) in [5.41, 5.74) is 2.51. The van der Waals surface area contributed by atoms with E-state index in [-0.39, 0.29) is 24.8 Å². The van der Waals surface area contributed by atoms with Crippen molar-refractivity contribution in [1.29, 1.82) is 0 Å². The minimum Gasteiger partial charge on any atom is -0.394 e. The monoisotopic (exact) mass is 228 g/mol. The molecule has 1 unspecified atom stereocenters. The quantitative estimate of drug-likeness (QED) is 0.709. The number of urea groups is 1. The standard InChI is InChI=1S/C11H20N2O3/c14-8-9-4-3-7-13(9)11(15)12-16-10-5-1-2-6-10/h9-10,14H,1-8H2,(H,12,15). The van der Waals surface area contributed by atoms with Crippen molar-refractivity contribution in [3.05, 3.63) is 0 Å². The highest BCUT2D eigenvalue weighted by molar-refractivity contribution is 5.73. The molecule has 92 valence electrons. The van der Waals surface area contributed by atoms with Crippen LogP contribution in [-0.4, -0.2) is 41.3 Å². The van der Waals surface area contributed by atoms with Gasteiger partial charge in [-0.25, -0.2) is 10.3 Å². The van der Waals surface area contributed by atoms with Gasteiger partial charge in [0.25, 0.3) is 0 Å². The molecule has 5 nitrogen and oxygen atoms in total. The number of nitrogens with zero attached hydrogens (tertiary/aromatic N) is 1. The Morgan fingerprint density at radius 1 is 1.31 bits per heavy atom. The van der Waals surface area contributed by atoms with Crippen LogP contribution >= 0.6 is 0 Å². The van der Waals surface area contributed by atoms with Gasteiger partial charge in [-0.2, -0.15) is 0 Å². The van der Waals surface area contributed by atoms with Crippen LogP contribution in [0.2, 0.25) is 0 Å². The molecule has 0 radical (unpaired) electrons. The van der Waals surface area contributed by atoms with E-state index in [0.29, 0.717) is 6.54 Å². The Labute approximate surface area is 95.7 Å². The third-order valence-electron chi connectivity index (χ3n) is 3.46. The van der Waals surface area contributed by atoms with E-state index in [1.807, 2.05) is 0 Å². The third kappa shape index (κ3) is 2.65. The van der Waals surface area contributed by atoms with Crippen LogP contribution in [-0.2, 0) is 4.84 Å². The summed E-state index contributed by atoms with van der Waals surface area (Å²) >= 11 is 0. The number of aliphatic hydroxyl groups excluding tert-OH is 1. The average Bonchev–Trinajstić information content (AvgIpc) is 2.96. The average molecular weight is 228 g/mol. The summed E-state index contributed by atoms with van der Waals surface area (Å²) in [4.78, 5) is 18.8. The molecule has 16 heavy (non-hydrogen) atoms. The van der Waals surface area contributed by atoms with Crippen molar-refractivity contribution in [3.63, 3.8) is 0 Å². The molecule has 1 aliphatic heterocycles. The van der Waals surface area contributed by atoms with E-state index in [1.54, 1.807) is 4.90 Å². The molecule has 0 aromatic carbocycles. The smallest absolute Gasteiger partial charge is 0.341 e. The second-order valence-electron chi connectivity index (χ2n) is 4.60. The van der Waals surface area contributed by atoms with Crippen molar-refractivity contribution < 1.29 is 14.7 Å². The van der Waals surface area contributed by atoms with E-state index in [1.165, 1.54) is 12.8 Å². The number of hydrogen-bond donors (Lipinski definition) is 2. The first-order valence-electron chi connectivity index (χ1n) is 6.14. The fourth-order valence-electron chi connectivity index (χ4n) is 2.49. The maximum atomic E-state index is 11.8. The van der Waals surface area contributed by atoms with Gasteiger partial charge in [0.2, 0.25) is 0 Å². The highest BCUT2D eigenvalue weighted by Crippen LogP contribution is 2.20. The van der Waals surface area contributed by atoms with Gasteiger partial charge in [0.1, 0.15) is 0 Å². The second-order valence-corrected chi connectivity index (χ2v) is 4.60. The van der Waals surface area contributed by atoms with Crippen molar-refractivity contribution in [1.82, 2.24) is 10.4 Å². The molecule has 0 bridgehead atoms. The number of likely N-dealkylation sites (tertiary alicyclic amines) is 1. The fourth-order valence-corrected chi connectivity index (χ4v) is 2.49. The molecule has 2 fully saturated rings. The summed E-state index contributed by atoms with van der Waals surface area (Å²) in [5.74, 6) is 0. The molecule has 2 rings (SSSR count). The lowest BCUT2D eigenvalue weighted by Crippen LogP contribution is -2.45. The van der Waals surface area contributed by atoms with Crippen molar-refractivity contribution in [2.45, 2.75) is 50.7 Å². The Morgan fingerprint density at radius 2 is 2.06 bits per heavy atom. The number of aliphatic hydroxyl groups is 1. The van der Waals surface area contributed by atoms with Crippen LogP contribution < -0.4 is 5.48 Å². The van der Waals surface area contributed by atoms with Crippen molar-refractivity contribution in [2.75, 3.05) is 13.2 Å². The highest BCUT2D eigenvalue weighted by atomic mass is 16.7. The van der Waals surface area contributed by atoms with Crippen LogP contribution in [0.1, 0.15) is 38.5 Å². The van der Waals surface area contributed by atoms with Gasteiger partial charge in [0.05, 0.1) is 18.8 Å². The number of rotatable bonds is 3. The molecule has 0 aromatic rings. The summed E-state index contributed by atoms with van der Waals surface area (Å²) in [7, 11) is 0. The highest BCUT2D eigenvalue weighted by Gasteiger charge is 2.28. The first-order chi connectivity index (χ1) is 7.81. The predicted molar refractivity (Wildman–Crippen MR) is 58.7 cm³/mol. The second kappa shape index (κ2) is 5.50. The van der Waals surface area contributed by atoms with Crippen molar-refractivity contribution in [2.24, 2.45) is 0 Å². The number of carbonyl (C=O) groups is 1.